The summed E-state index contributed by atoms with van der Waals surface area (Å²) >= 11 is 0.363. The molecule has 2 aromatic rings. The van der Waals surface area contributed by atoms with Crippen molar-refractivity contribution in [3.63, 3.8) is 0 Å². The number of benzene rings is 2. The first-order valence-electron chi connectivity index (χ1n) is 7.12. The topological polar surface area (TPSA) is 21.8 Å². The van der Waals surface area contributed by atoms with E-state index < -0.39 is 22.5 Å². The van der Waals surface area contributed by atoms with Gasteiger partial charge in [-0.05, 0) is 29.8 Å². The van der Waals surface area contributed by atoms with Gasteiger partial charge in [0.25, 0.3) is 0 Å². The Morgan fingerprint density at radius 1 is 1.17 bits per heavy atom. The fourth-order valence-corrected chi connectivity index (χ4v) is 3.38. The van der Waals surface area contributed by atoms with Crippen molar-refractivity contribution < 1.29 is 27.0 Å². The second kappa shape index (κ2) is 6.29. The Morgan fingerprint density at radius 3 is 2.38 bits per heavy atom. The standard InChI is InChI=1S/C17H14F4O2S/c1-22-13-5-2-11(3-6-13)9-24-17(20,21)16(10-23-16)14-7-4-12(18)8-15(14)19/h2-8H,9-10H2,1H3. The van der Waals surface area contributed by atoms with Gasteiger partial charge in [-0.3, -0.25) is 0 Å². The van der Waals surface area contributed by atoms with Crippen LogP contribution in [0.25, 0.3) is 0 Å². The maximum atomic E-state index is 14.6. The summed E-state index contributed by atoms with van der Waals surface area (Å²) in [6, 6.07) is 9.27. The van der Waals surface area contributed by atoms with Crippen molar-refractivity contribution in [3.05, 3.63) is 65.2 Å². The number of halogens is 4. The highest BCUT2D eigenvalue weighted by Gasteiger charge is 2.67. The fraction of sp³-hybridized carbons (Fsp3) is 0.294. The molecule has 1 heterocycles. The number of epoxide rings is 1. The Balaban J connectivity index is 1.76. The van der Waals surface area contributed by atoms with Gasteiger partial charge in [0, 0.05) is 17.4 Å². The van der Waals surface area contributed by atoms with Crippen LogP contribution in [-0.4, -0.2) is 19.0 Å². The van der Waals surface area contributed by atoms with E-state index in [2.05, 4.69) is 0 Å². The van der Waals surface area contributed by atoms with E-state index in [9.17, 15) is 17.6 Å². The Morgan fingerprint density at radius 2 is 1.83 bits per heavy atom. The molecule has 128 valence electrons. The van der Waals surface area contributed by atoms with Gasteiger partial charge in [0.1, 0.15) is 17.4 Å². The quantitative estimate of drug-likeness (QED) is 0.551. The third kappa shape index (κ3) is 3.10. The predicted molar refractivity (Wildman–Crippen MR) is 83.2 cm³/mol. The molecule has 1 fully saturated rings. The summed E-state index contributed by atoms with van der Waals surface area (Å²) in [6.45, 7) is -0.307. The van der Waals surface area contributed by atoms with E-state index in [1.807, 2.05) is 0 Å². The molecule has 0 aromatic heterocycles. The Kier molecular flexibility index (Phi) is 4.48. The molecule has 0 radical (unpaired) electrons. The Bertz CT molecular complexity index is 730. The molecule has 1 unspecified atom stereocenters. The van der Waals surface area contributed by atoms with Crippen LogP contribution < -0.4 is 4.74 Å². The van der Waals surface area contributed by atoms with Crippen LogP contribution in [0.1, 0.15) is 11.1 Å². The van der Waals surface area contributed by atoms with Crippen LogP contribution >= 0.6 is 11.8 Å². The number of thioether (sulfide) groups is 1. The van der Waals surface area contributed by atoms with Crippen molar-refractivity contribution in [3.8, 4) is 5.75 Å². The second-order valence-electron chi connectivity index (χ2n) is 5.39. The molecule has 3 rings (SSSR count). The number of rotatable bonds is 6. The largest absolute Gasteiger partial charge is 0.497 e. The summed E-state index contributed by atoms with van der Waals surface area (Å²) in [5.41, 5.74) is -1.69. The maximum absolute atomic E-state index is 14.6. The van der Waals surface area contributed by atoms with Gasteiger partial charge in [0.2, 0.25) is 0 Å². The minimum absolute atomic E-state index is 0.0188. The Labute approximate surface area is 140 Å². The van der Waals surface area contributed by atoms with E-state index in [1.165, 1.54) is 7.11 Å². The zero-order valence-corrected chi connectivity index (χ0v) is 13.5. The van der Waals surface area contributed by atoms with E-state index in [-0.39, 0.29) is 17.9 Å². The molecular weight excluding hydrogens is 344 g/mol. The second-order valence-corrected chi connectivity index (χ2v) is 6.48. The molecule has 0 saturated carbocycles. The van der Waals surface area contributed by atoms with Crippen molar-refractivity contribution >= 4 is 11.8 Å². The Hall–Kier alpha value is -1.73. The molecule has 0 aliphatic carbocycles. The lowest BCUT2D eigenvalue weighted by molar-refractivity contribution is 0.00768. The number of ether oxygens (including phenoxy) is 2. The molecule has 0 bridgehead atoms. The summed E-state index contributed by atoms with van der Waals surface area (Å²) in [5.74, 6) is -1.20. The van der Waals surface area contributed by atoms with E-state index in [1.54, 1.807) is 24.3 Å². The first-order valence-corrected chi connectivity index (χ1v) is 8.11. The van der Waals surface area contributed by atoms with Gasteiger partial charge in [-0.25, -0.2) is 8.78 Å². The normalized spacial score (nSPS) is 20.0. The van der Waals surface area contributed by atoms with Crippen LogP contribution in [-0.2, 0) is 16.1 Å². The van der Waals surface area contributed by atoms with Crippen LogP contribution in [0.4, 0.5) is 17.6 Å². The molecule has 1 aliphatic heterocycles. The first kappa shape index (κ1) is 17.1. The van der Waals surface area contributed by atoms with Gasteiger partial charge in [-0.15, -0.1) is 0 Å². The number of hydrogen-bond donors (Lipinski definition) is 0. The van der Waals surface area contributed by atoms with Crippen molar-refractivity contribution in [2.45, 2.75) is 16.6 Å². The predicted octanol–water partition coefficient (Wildman–Crippen LogP) is 4.73. The summed E-state index contributed by atoms with van der Waals surface area (Å²) in [5, 5.41) is -3.36. The van der Waals surface area contributed by atoms with Gasteiger partial charge in [0.05, 0.1) is 13.7 Å². The zero-order chi connectivity index (χ0) is 17.4. The number of hydrogen-bond acceptors (Lipinski definition) is 3. The van der Waals surface area contributed by atoms with E-state index >= 15 is 0 Å². The summed E-state index contributed by atoms with van der Waals surface area (Å²) < 4.78 is 66.1. The lowest BCUT2D eigenvalue weighted by atomic mass is 9.99. The highest BCUT2D eigenvalue weighted by Crippen LogP contribution is 2.57. The van der Waals surface area contributed by atoms with Gasteiger partial charge in [-0.2, -0.15) is 8.78 Å². The van der Waals surface area contributed by atoms with Gasteiger partial charge in [0.15, 0.2) is 5.60 Å². The molecule has 1 saturated heterocycles. The molecular formula is C17H14F4O2S. The average molecular weight is 358 g/mol. The molecule has 7 heteroatoms. The van der Waals surface area contributed by atoms with Crippen LogP contribution in [0.5, 0.6) is 5.75 Å². The minimum Gasteiger partial charge on any atom is -0.497 e. The van der Waals surface area contributed by atoms with Crippen molar-refractivity contribution in [1.29, 1.82) is 0 Å². The monoisotopic (exact) mass is 358 g/mol. The number of methoxy groups -OCH3 is 1. The SMILES string of the molecule is COc1ccc(CSC(F)(F)C2(c3ccc(F)cc3F)CO2)cc1. The van der Waals surface area contributed by atoms with Crippen molar-refractivity contribution in [2.75, 3.05) is 13.7 Å². The number of alkyl halides is 2. The van der Waals surface area contributed by atoms with E-state index in [0.29, 0.717) is 29.1 Å². The fourth-order valence-electron chi connectivity index (χ4n) is 2.38. The lowest BCUT2D eigenvalue weighted by Gasteiger charge is -2.24. The lowest BCUT2D eigenvalue weighted by Crippen LogP contribution is -2.33. The van der Waals surface area contributed by atoms with Crippen LogP contribution in [0.15, 0.2) is 42.5 Å². The molecule has 24 heavy (non-hydrogen) atoms. The molecule has 0 spiro atoms. The minimum atomic E-state index is -3.36. The maximum Gasteiger partial charge on any atom is 0.329 e. The molecule has 1 aliphatic rings. The van der Waals surface area contributed by atoms with Crippen LogP contribution in [0, 0.1) is 11.6 Å². The summed E-state index contributed by atoms with van der Waals surface area (Å²) in [7, 11) is 1.52. The summed E-state index contributed by atoms with van der Waals surface area (Å²) in [4.78, 5) is 0. The van der Waals surface area contributed by atoms with Gasteiger partial charge < -0.3 is 9.47 Å². The third-order valence-corrected chi connectivity index (χ3v) is 5.02. The molecule has 0 N–H and O–H groups in total. The summed E-state index contributed by atoms with van der Waals surface area (Å²) in [6.07, 6.45) is 0. The van der Waals surface area contributed by atoms with Gasteiger partial charge in [-0.1, -0.05) is 23.9 Å². The van der Waals surface area contributed by atoms with E-state index in [4.69, 9.17) is 9.47 Å². The van der Waals surface area contributed by atoms with Crippen LogP contribution in [0.3, 0.4) is 0 Å². The van der Waals surface area contributed by atoms with E-state index in [0.717, 1.165) is 12.1 Å². The molecule has 2 nitrogen and oxygen atoms in total. The first-order chi connectivity index (χ1) is 11.4. The zero-order valence-electron chi connectivity index (χ0n) is 12.7. The van der Waals surface area contributed by atoms with Gasteiger partial charge >= 0.3 is 5.25 Å². The highest BCUT2D eigenvalue weighted by molar-refractivity contribution is 7.99. The average Bonchev–Trinajstić information content (AvgIpc) is 3.36. The van der Waals surface area contributed by atoms with Crippen molar-refractivity contribution in [2.24, 2.45) is 0 Å². The smallest absolute Gasteiger partial charge is 0.329 e. The molecule has 0 amide bonds. The molecule has 2 aromatic carbocycles. The van der Waals surface area contributed by atoms with Crippen molar-refractivity contribution in [1.82, 2.24) is 0 Å². The third-order valence-electron chi connectivity index (χ3n) is 3.85. The van der Waals surface area contributed by atoms with Crippen LogP contribution in [0.2, 0.25) is 0 Å². The molecule has 1 atom stereocenters. The highest BCUT2D eigenvalue weighted by atomic mass is 32.2.